The first-order chi connectivity index (χ1) is 10.1. The van der Waals surface area contributed by atoms with Crippen LogP contribution in [0.1, 0.15) is 64.2 Å². The average molecular weight is 293 g/mol. The summed E-state index contributed by atoms with van der Waals surface area (Å²) in [6.07, 6.45) is 11.8. The third-order valence-corrected chi connectivity index (χ3v) is 6.19. The molecule has 0 bridgehead atoms. The average Bonchev–Trinajstić information content (AvgIpc) is 2.82. The van der Waals surface area contributed by atoms with Gasteiger partial charge in [-0.2, -0.15) is 0 Å². The van der Waals surface area contributed by atoms with Gasteiger partial charge in [-0.05, 0) is 38.1 Å². The fourth-order valence-corrected chi connectivity index (χ4v) is 4.73. The van der Waals surface area contributed by atoms with E-state index in [1.54, 1.807) is 0 Å². The summed E-state index contributed by atoms with van der Waals surface area (Å²) < 4.78 is 0. The fourth-order valence-electron chi connectivity index (χ4n) is 4.73. The van der Waals surface area contributed by atoms with Gasteiger partial charge in [-0.15, -0.1) is 0 Å². The predicted octanol–water partition coefficient (Wildman–Crippen LogP) is 1.93. The van der Waals surface area contributed by atoms with Gasteiger partial charge < -0.3 is 16.4 Å². The van der Waals surface area contributed by atoms with E-state index < -0.39 is 0 Å². The molecule has 1 amide bonds. The number of carbonyl (C=O) groups is 1. The third kappa shape index (κ3) is 3.11. The lowest BCUT2D eigenvalue weighted by Gasteiger charge is -2.38. The minimum atomic E-state index is -0.168. The van der Waals surface area contributed by atoms with Crippen molar-refractivity contribution in [2.75, 3.05) is 19.6 Å². The van der Waals surface area contributed by atoms with E-state index in [2.05, 4.69) is 10.6 Å². The molecule has 3 rings (SSSR count). The largest absolute Gasteiger partial charge is 0.354 e. The van der Waals surface area contributed by atoms with E-state index in [9.17, 15) is 4.79 Å². The van der Waals surface area contributed by atoms with Gasteiger partial charge >= 0.3 is 0 Å². The van der Waals surface area contributed by atoms with Gasteiger partial charge in [0.1, 0.15) is 0 Å². The van der Waals surface area contributed by atoms with Crippen LogP contribution in [0.2, 0.25) is 0 Å². The van der Waals surface area contributed by atoms with Crippen LogP contribution in [0.5, 0.6) is 0 Å². The maximum absolute atomic E-state index is 12.9. The van der Waals surface area contributed by atoms with Crippen LogP contribution in [0.4, 0.5) is 0 Å². The number of amides is 1. The fraction of sp³-hybridized carbons (Fsp3) is 0.941. The lowest BCUT2D eigenvalue weighted by Crippen LogP contribution is -2.55. The van der Waals surface area contributed by atoms with Crippen molar-refractivity contribution in [3.8, 4) is 0 Å². The van der Waals surface area contributed by atoms with E-state index in [0.717, 1.165) is 32.4 Å². The SMILES string of the molecule is NC1(CNC(=O)[C@@]23CCCC[C@H]2CNC3)CCCCCC1. The van der Waals surface area contributed by atoms with Crippen molar-refractivity contribution in [1.29, 1.82) is 0 Å². The molecule has 0 aromatic heterocycles. The molecule has 0 aromatic rings. The Morgan fingerprint density at radius 1 is 1.10 bits per heavy atom. The predicted molar refractivity (Wildman–Crippen MR) is 84.9 cm³/mol. The minimum Gasteiger partial charge on any atom is -0.354 e. The Hall–Kier alpha value is -0.610. The van der Waals surface area contributed by atoms with Crippen molar-refractivity contribution in [2.45, 2.75) is 69.7 Å². The molecule has 3 fully saturated rings. The Labute approximate surface area is 128 Å². The second kappa shape index (κ2) is 6.25. The molecule has 0 aromatic carbocycles. The Kier molecular flexibility index (Phi) is 4.55. The molecule has 120 valence electrons. The summed E-state index contributed by atoms with van der Waals surface area (Å²) in [6.45, 7) is 2.54. The molecular formula is C17H31N3O. The van der Waals surface area contributed by atoms with Crippen LogP contribution < -0.4 is 16.4 Å². The van der Waals surface area contributed by atoms with Gasteiger partial charge in [0.05, 0.1) is 5.41 Å². The molecule has 4 N–H and O–H groups in total. The van der Waals surface area contributed by atoms with Crippen molar-refractivity contribution in [3.63, 3.8) is 0 Å². The molecule has 2 aliphatic carbocycles. The van der Waals surface area contributed by atoms with Crippen LogP contribution in [-0.2, 0) is 4.79 Å². The first-order valence-corrected chi connectivity index (χ1v) is 8.93. The minimum absolute atomic E-state index is 0.140. The molecular weight excluding hydrogens is 262 g/mol. The van der Waals surface area contributed by atoms with Gasteiger partial charge in [0, 0.05) is 18.6 Å². The zero-order valence-corrected chi connectivity index (χ0v) is 13.3. The number of carbonyl (C=O) groups excluding carboxylic acids is 1. The van der Waals surface area contributed by atoms with Crippen LogP contribution in [0.15, 0.2) is 0 Å². The van der Waals surface area contributed by atoms with Crippen LogP contribution in [-0.4, -0.2) is 31.1 Å². The molecule has 21 heavy (non-hydrogen) atoms. The zero-order valence-electron chi connectivity index (χ0n) is 13.3. The highest BCUT2D eigenvalue weighted by molar-refractivity contribution is 5.84. The highest BCUT2D eigenvalue weighted by Crippen LogP contribution is 2.44. The molecule has 2 atom stereocenters. The van der Waals surface area contributed by atoms with Crippen LogP contribution >= 0.6 is 0 Å². The Morgan fingerprint density at radius 2 is 1.81 bits per heavy atom. The van der Waals surface area contributed by atoms with Gasteiger partial charge in [-0.25, -0.2) is 0 Å². The molecule has 2 saturated carbocycles. The number of fused-ring (bicyclic) bond motifs is 1. The van der Waals surface area contributed by atoms with E-state index in [4.69, 9.17) is 5.73 Å². The molecule has 1 aliphatic heterocycles. The van der Waals surface area contributed by atoms with E-state index in [1.807, 2.05) is 0 Å². The highest BCUT2D eigenvalue weighted by Gasteiger charge is 2.50. The van der Waals surface area contributed by atoms with Crippen LogP contribution in [0, 0.1) is 11.3 Å². The highest BCUT2D eigenvalue weighted by atomic mass is 16.2. The second-order valence-electron chi connectivity index (χ2n) is 7.69. The molecule has 4 heteroatoms. The molecule has 4 nitrogen and oxygen atoms in total. The van der Waals surface area contributed by atoms with E-state index >= 15 is 0 Å². The van der Waals surface area contributed by atoms with Crippen molar-refractivity contribution in [3.05, 3.63) is 0 Å². The smallest absolute Gasteiger partial charge is 0.227 e. The van der Waals surface area contributed by atoms with Crippen molar-refractivity contribution in [2.24, 2.45) is 17.1 Å². The summed E-state index contributed by atoms with van der Waals surface area (Å²) in [5, 5.41) is 6.70. The standard InChI is InChI=1S/C17H31N3O/c18-16(8-4-1-2-5-9-16)12-20-15(21)17-10-6-3-7-14(17)11-19-13-17/h14,19H,1-13,18H2,(H,20,21)/t14-,17+/m0/s1. The van der Waals surface area contributed by atoms with E-state index in [1.165, 1.54) is 44.9 Å². The van der Waals surface area contributed by atoms with Gasteiger partial charge in [-0.3, -0.25) is 4.79 Å². The number of nitrogens with one attached hydrogen (secondary N) is 2. The number of nitrogens with two attached hydrogens (primary N) is 1. The Balaban J connectivity index is 1.60. The lowest BCUT2D eigenvalue weighted by molar-refractivity contribution is -0.134. The number of rotatable bonds is 3. The van der Waals surface area contributed by atoms with E-state index in [0.29, 0.717) is 12.5 Å². The summed E-state index contributed by atoms with van der Waals surface area (Å²) in [7, 11) is 0. The zero-order chi connectivity index (χ0) is 14.8. The summed E-state index contributed by atoms with van der Waals surface area (Å²) in [4.78, 5) is 12.9. The second-order valence-corrected chi connectivity index (χ2v) is 7.69. The molecule has 0 spiro atoms. The van der Waals surface area contributed by atoms with E-state index in [-0.39, 0.29) is 16.9 Å². The number of hydrogen-bond acceptors (Lipinski definition) is 3. The monoisotopic (exact) mass is 293 g/mol. The summed E-state index contributed by atoms with van der Waals surface area (Å²) in [5.74, 6) is 0.806. The molecule has 0 unspecified atom stereocenters. The first-order valence-electron chi connectivity index (χ1n) is 8.93. The normalized spacial score (nSPS) is 35.8. The maximum Gasteiger partial charge on any atom is 0.227 e. The quantitative estimate of drug-likeness (QED) is 0.697. The molecule has 1 heterocycles. The summed E-state index contributed by atoms with van der Waals surface area (Å²) in [5.41, 5.74) is 6.23. The lowest BCUT2D eigenvalue weighted by atomic mass is 9.67. The first kappa shape index (κ1) is 15.3. The van der Waals surface area contributed by atoms with Gasteiger partial charge in [-0.1, -0.05) is 38.5 Å². The molecule has 1 saturated heterocycles. The molecule has 3 aliphatic rings. The Morgan fingerprint density at radius 3 is 2.57 bits per heavy atom. The summed E-state index contributed by atoms with van der Waals surface area (Å²) in [6, 6.07) is 0. The van der Waals surface area contributed by atoms with Gasteiger partial charge in [0.15, 0.2) is 0 Å². The maximum atomic E-state index is 12.9. The summed E-state index contributed by atoms with van der Waals surface area (Å²) >= 11 is 0. The van der Waals surface area contributed by atoms with Crippen LogP contribution in [0.3, 0.4) is 0 Å². The number of hydrogen-bond donors (Lipinski definition) is 3. The Bertz CT molecular complexity index is 376. The van der Waals surface area contributed by atoms with Crippen molar-refractivity contribution < 1.29 is 4.79 Å². The van der Waals surface area contributed by atoms with Crippen LogP contribution in [0.25, 0.3) is 0 Å². The van der Waals surface area contributed by atoms with Gasteiger partial charge in [0.2, 0.25) is 5.91 Å². The topological polar surface area (TPSA) is 67.1 Å². The third-order valence-electron chi connectivity index (χ3n) is 6.19. The molecule has 0 radical (unpaired) electrons. The van der Waals surface area contributed by atoms with Crippen molar-refractivity contribution >= 4 is 5.91 Å². The van der Waals surface area contributed by atoms with Gasteiger partial charge in [0.25, 0.3) is 0 Å². The van der Waals surface area contributed by atoms with Crippen molar-refractivity contribution in [1.82, 2.24) is 10.6 Å².